The van der Waals surface area contributed by atoms with Crippen molar-refractivity contribution in [1.82, 2.24) is 20.1 Å². The lowest BCUT2D eigenvalue weighted by molar-refractivity contribution is 0.171. The first-order chi connectivity index (χ1) is 14.1. The van der Waals surface area contributed by atoms with E-state index in [9.17, 15) is 0 Å². The Morgan fingerprint density at radius 1 is 1.21 bits per heavy atom. The van der Waals surface area contributed by atoms with Gasteiger partial charge in [-0.2, -0.15) is 0 Å². The number of thiazole rings is 1. The third-order valence-electron chi connectivity index (χ3n) is 5.10. The van der Waals surface area contributed by atoms with Crippen molar-refractivity contribution in [3.05, 3.63) is 39.8 Å². The minimum atomic E-state index is 0.844. The van der Waals surface area contributed by atoms with E-state index in [0.29, 0.717) is 0 Å². The van der Waals surface area contributed by atoms with Gasteiger partial charge in [-0.3, -0.25) is 9.89 Å². The molecule has 0 amide bonds. The molecule has 0 aliphatic carbocycles. The molecule has 0 radical (unpaired) electrons. The van der Waals surface area contributed by atoms with Crippen molar-refractivity contribution in [1.29, 1.82) is 0 Å². The van der Waals surface area contributed by atoms with Gasteiger partial charge in [0.2, 0.25) is 0 Å². The van der Waals surface area contributed by atoms with E-state index in [-0.39, 0.29) is 0 Å². The highest BCUT2D eigenvalue weighted by Gasteiger charge is 2.20. The molecule has 1 aromatic carbocycles. The van der Waals surface area contributed by atoms with Gasteiger partial charge in [-0.15, -0.1) is 11.3 Å². The van der Waals surface area contributed by atoms with E-state index in [1.165, 1.54) is 0 Å². The van der Waals surface area contributed by atoms with Crippen molar-refractivity contribution in [2.45, 2.75) is 19.9 Å². The highest BCUT2D eigenvalue weighted by Crippen LogP contribution is 2.25. The molecule has 1 saturated heterocycles. The van der Waals surface area contributed by atoms with Gasteiger partial charge < -0.3 is 19.7 Å². The van der Waals surface area contributed by atoms with E-state index in [1.54, 1.807) is 25.6 Å². The molecule has 0 spiro atoms. The van der Waals surface area contributed by atoms with Crippen molar-refractivity contribution in [2.24, 2.45) is 4.99 Å². The van der Waals surface area contributed by atoms with Crippen LogP contribution in [0.3, 0.4) is 0 Å². The number of nitrogens with one attached hydrogen (secondary N) is 1. The van der Waals surface area contributed by atoms with Gasteiger partial charge in [-0.25, -0.2) is 4.98 Å². The van der Waals surface area contributed by atoms with Gasteiger partial charge >= 0.3 is 0 Å². The summed E-state index contributed by atoms with van der Waals surface area (Å²) in [5, 5.41) is 6.73. The first-order valence-electron chi connectivity index (χ1n) is 9.92. The van der Waals surface area contributed by atoms with Crippen molar-refractivity contribution in [2.75, 3.05) is 54.0 Å². The fraction of sp³-hybridized carbons (Fsp3) is 0.524. The van der Waals surface area contributed by atoms with E-state index in [0.717, 1.165) is 79.4 Å². The molecule has 2 aromatic rings. The molecule has 0 unspecified atom stereocenters. The fourth-order valence-corrected chi connectivity index (χ4v) is 4.17. The second-order valence-corrected chi connectivity index (χ2v) is 8.09. The highest BCUT2D eigenvalue weighted by molar-refractivity contribution is 7.09. The Labute approximate surface area is 177 Å². The molecular weight excluding hydrogens is 386 g/mol. The van der Waals surface area contributed by atoms with Crippen molar-refractivity contribution < 1.29 is 9.47 Å². The Hall–Kier alpha value is -2.32. The van der Waals surface area contributed by atoms with Crippen LogP contribution in [0.15, 0.2) is 28.6 Å². The van der Waals surface area contributed by atoms with Gasteiger partial charge in [-0.1, -0.05) is 0 Å². The molecule has 1 aromatic heterocycles. The molecule has 0 bridgehead atoms. The Morgan fingerprint density at radius 3 is 2.62 bits per heavy atom. The zero-order chi connectivity index (χ0) is 20.6. The maximum Gasteiger partial charge on any atom is 0.193 e. The number of hydrogen-bond donors (Lipinski definition) is 1. The number of guanidine groups is 1. The standard InChI is InChI=1S/C21H31N5O2S/c1-16-24-18(15-29-16)7-8-23-21(22-2)26-11-9-25(10-12-26)14-17-13-19(27-3)5-6-20(17)28-4/h5-6,13,15H,7-12,14H2,1-4H3,(H,22,23). The summed E-state index contributed by atoms with van der Waals surface area (Å²) in [6, 6.07) is 5.97. The number of nitrogens with zero attached hydrogens (tertiary/aromatic N) is 4. The molecule has 8 heteroatoms. The third kappa shape index (κ3) is 5.83. The molecule has 1 aliphatic rings. The number of methoxy groups -OCH3 is 2. The lowest BCUT2D eigenvalue weighted by atomic mass is 10.1. The van der Waals surface area contributed by atoms with Gasteiger partial charge in [0.15, 0.2) is 5.96 Å². The van der Waals surface area contributed by atoms with E-state index >= 15 is 0 Å². The first-order valence-corrected chi connectivity index (χ1v) is 10.8. The second-order valence-electron chi connectivity index (χ2n) is 7.02. The van der Waals surface area contributed by atoms with Crippen LogP contribution >= 0.6 is 11.3 Å². The van der Waals surface area contributed by atoms with Gasteiger partial charge in [0.1, 0.15) is 11.5 Å². The van der Waals surface area contributed by atoms with Crippen LogP contribution < -0.4 is 14.8 Å². The summed E-state index contributed by atoms with van der Waals surface area (Å²) in [5.41, 5.74) is 2.30. The smallest absolute Gasteiger partial charge is 0.193 e. The summed E-state index contributed by atoms with van der Waals surface area (Å²) in [5.74, 6) is 2.73. The summed E-state index contributed by atoms with van der Waals surface area (Å²) >= 11 is 1.70. The number of hydrogen-bond acceptors (Lipinski definition) is 6. The maximum absolute atomic E-state index is 5.52. The van der Waals surface area contributed by atoms with Crippen LogP contribution in [0, 0.1) is 6.92 Å². The van der Waals surface area contributed by atoms with Crippen molar-refractivity contribution in [3.8, 4) is 11.5 Å². The summed E-state index contributed by atoms with van der Waals surface area (Å²) in [6.45, 7) is 7.59. The highest BCUT2D eigenvalue weighted by atomic mass is 32.1. The monoisotopic (exact) mass is 417 g/mol. The predicted molar refractivity (Wildman–Crippen MR) is 118 cm³/mol. The normalized spacial score (nSPS) is 15.4. The summed E-state index contributed by atoms with van der Waals surface area (Å²) in [6.07, 6.45) is 0.916. The van der Waals surface area contributed by atoms with E-state index < -0.39 is 0 Å². The Kier molecular flexibility index (Phi) is 7.71. The number of ether oxygens (including phenoxy) is 2. The Balaban J connectivity index is 1.49. The molecule has 3 rings (SSSR count). The van der Waals surface area contributed by atoms with E-state index in [2.05, 4.69) is 36.5 Å². The molecule has 29 heavy (non-hydrogen) atoms. The van der Waals surface area contributed by atoms with E-state index in [4.69, 9.17) is 9.47 Å². The van der Waals surface area contributed by atoms with Crippen LogP contribution in [0.4, 0.5) is 0 Å². The molecule has 0 saturated carbocycles. The molecule has 2 heterocycles. The minimum Gasteiger partial charge on any atom is -0.497 e. The molecule has 1 aliphatic heterocycles. The number of aliphatic imine (C=N–C) groups is 1. The quantitative estimate of drug-likeness (QED) is 0.551. The van der Waals surface area contributed by atoms with Crippen LogP contribution in [-0.4, -0.2) is 74.7 Å². The first kappa shape index (κ1) is 21.4. The summed E-state index contributed by atoms with van der Waals surface area (Å²) in [7, 11) is 5.26. The molecule has 7 nitrogen and oxygen atoms in total. The number of piperazine rings is 1. The topological polar surface area (TPSA) is 62.2 Å². The average molecular weight is 418 g/mol. The van der Waals surface area contributed by atoms with Crippen LogP contribution in [0.25, 0.3) is 0 Å². The molecule has 1 N–H and O–H groups in total. The maximum atomic E-state index is 5.52. The summed E-state index contributed by atoms with van der Waals surface area (Å²) in [4.78, 5) is 13.8. The van der Waals surface area contributed by atoms with Crippen molar-refractivity contribution >= 4 is 17.3 Å². The van der Waals surface area contributed by atoms with Gasteiger partial charge in [0.25, 0.3) is 0 Å². The Morgan fingerprint density at radius 2 is 2.00 bits per heavy atom. The lowest BCUT2D eigenvalue weighted by Crippen LogP contribution is -2.52. The largest absolute Gasteiger partial charge is 0.497 e. The molecule has 1 fully saturated rings. The van der Waals surface area contributed by atoms with Crippen molar-refractivity contribution in [3.63, 3.8) is 0 Å². The van der Waals surface area contributed by atoms with Crippen LogP contribution in [-0.2, 0) is 13.0 Å². The zero-order valence-corrected chi connectivity index (χ0v) is 18.6. The number of aromatic nitrogens is 1. The molecule has 158 valence electrons. The number of benzene rings is 1. The minimum absolute atomic E-state index is 0.844. The molecule has 0 atom stereocenters. The predicted octanol–water partition coefficient (Wildman–Crippen LogP) is 2.40. The zero-order valence-electron chi connectivity index (χ0n) is 17.8. The van der Waals surface area contributed by atoms with Gasteiger partial charge in [0.05, 0.1) is 24.9 Å². The Bertz CT molecular complexity index is 815. The molecular formula is C21H31N5O2S. The number of aryl methyl sites for hydroxylation is 1. The average Bonchev–Trinajstić information content (AvgIpc) is 3.17. The van der Waals surface area contributed by atoms with Crippen LogP contribution in [0.5, 0.6) is 11.5 Å². The van der Waals surface area contributed by atoms with Crippen LogP contribution in [0.2, 0.25) is 0 Å². The third-order valence-corrected chi connectivity index (χ3v) is 5.92. The van der Waals surface area contributed by atoms with Crippen LogP contribution in [0.1, 0.15) is 16.3 Å². The van der Waals surface area contributed by atoms with Gasteiger partial charge in [-0.05, 0) is 25.1 Å². The SMILES string of the molecule is CN=C(NCCc1csc(C)n1)N1CCN(Cc2cc(OC)ccc2OC)CC1. The van der Waals surface area contributed by atoms with Gasteiger partial charge in [0, 0.05) is 63.7 Å². The van der Waals surface area contributed by atoms with E-state index in [1.807, 2.05) is 26.1 Å². The lowest BCUT2D eigenvalue weighted by Gasteiger charge is -2.36. The summed E-state index contributed by atoms with van der Waals surface area (Å²) < 4.78 is 10.9. The fourth-order valence-electron chi connectivity index (χ4n) is 3.52. The second kappa shape index (κ2) is 10.5. The number of rotatable bonds is 7.